The number of carbonyl (C=O) groups excluding carboxylic acids is 1. The van der Waals surface area contributed by atoms with Crippen molar-refractivity contribution in [3.8, 4) is 0 Å². The van der Waals surface area contributed by atoms with E-state index in [2.05, 4.69) is 27.0 Å². The molecule has 0 radical (unpaired) electrons. The number of nitrogens with zero attached hydrogens (tertiary/aromatic N) is 4. The van der Waals surface area contributed by atoms with Crippen molar-refractivity contribution >= 4 is 23.5 Å². The van der Waals surface area contributed by atoms with E-state index in [0.29, 0.717) is 26.3 Å². The summed E-state index contributed by atoms with van der Waals surface area (Å²) >= 11 is 6.00. The van der Waals surface area contributed by atoms with Gasteiger partial charge in [0.05, 0.1) is 19.8 Å². The molecule has 0 aliphatic carbocycles. The zero-order chi connectivity index (χ0) is 17.4. The van der Waals surface area contributed by atoms with Crippen LogP contribution in [-0.2, 0) is 11.3 Å². The summed E-state index contributed by atoms with van der Waals surface area (Å²) in [5, 5.41) is 4.14. The first kappa shape index (κ1) is 16.3. The molecule has 0 spiro atoms. The highest BCUT2D eigenvalue weighted by molar-refractivity contribution is 6.30. The number of aliphatic imine (C=N–C) groups is 1. The Morgan fingerprint density at radius 3 is 2.84 bits per heavy atom. The number of benzene rings is 1. The van der Waals surface area contributed by atoms with Gasteiger partial charge in [0.25, 0.3) is 5.91 Å². The topological polar surface area (TPSA) is 51.2 Å². The number of nitrogens with one attached hydrogen (secondary N) is 1. The maximum atomic E-state index is 13.0. The molecule has 1 aromatic carbocycles. The summed E-state index contributed by atoms with van der Waals surface area (Å²) in [6.07, 6.45) is 2.18. The van der Waals surface area contributed by atoms with Gasteiger partial charge in [0.15, 0.2) is 0 Å². The molecule has 0 atom stereocenters. The predicted molar refractivity (Wildman–Crippen MR) is 97.7 cm³/mol. The van der Waals surface area contributed by atoms with Crippen molar-refractivity contribution in [2.45, 2.75) is 26.3 Å². The van der Waals surface area contributed by atoms with Crippen molar-refractivity contribution in [3.05, 3.63) is 46.4 Å². The van der Waals surface area contributed by atoms with Gasteiger partial charge in [0.2, 0.25) is 5.96 Å². The van der Waals surface area contributed by atoms with Crippen LogP contribution >= 0.6 is 11.6 Å². The smallest absolute Gasteiger partial charge is 0.280 e. The van der Waals surface area contributed by atoms with Crippen LogP contribution in [0.15, 0.2) is 40.8 Å². The van der Waals surface area contributed by atoms with Gasteiger partial charge in [0.1, 0.15) is 11.5 Å². The fourth-order valence-corrected chi connectivity index (χ4v) is 3.62. The van der Waals surface area contributed by atoms with E-state index in [0.717, 1.165) is 47.5 Å². The number of fused-ring (bicyclic) bond motifs is 1. The van der Waals surface area contributed by atoms with Crippen LogP contribution in [0.4, 0.5) is 0 Å². The summed E-state index contributed by atoms with van der Waals surface area (Å²) in [6.45, 7) is 5.71. The molecule has 1 N–H and O–H groups in total. The lowest BCUT2D eigenvalue weighted by Gasteiger charge is -2.36. The van der Waals surface area contributed by atoms with Gasteiger partial charge in [-0.25, -0.2) is 0 Å². The van der Waals surface area contributed by atoms with Crippen molar-refractivity contribution in [3.63, 3.8) is 0 Å². The summed E-state index contributed by atoms with van der Waals surface area (Å²) in [7, 11) is 0. The van der Waals surface area contributed by atoms with Crippen molar-refractivity contribution in [1.29, 1.82) is 0 Å². The Kier molecular flexibility index (Phi) is 4.29. The summed E-state index contributed by atoms with van der Waals surface area (Å²) in [5.74, 6) is 1.70. The molecule has 4 rings (SSSR count). The molecule has 0 unspecified atom stereocenters. The zero-order valence-corrected chi connectivity index (χ0v) is 15.1. The number of hydrogen-bond acceptors (Lipinski definition) is 5. The molecule has 132 valence electrons. The third-order valence-electron chi connectivity index (χ3n) is 4.79. The molecular weight excluding hydrogens is 338 g/mol. The number of guanidine groups is 1. The maximum absolute atomic E-state index is 13.0. The lowest BCUT2D eigenvalue weighted by molar-refractivity contribution is -0.125. The van der Waals surface area contributed by atoms with E-state index < -0.39 is 0 Å². The molecule has 1 aromatic rings. The van der Waals surface area contributed by atoms with E-state index >= 15 is 0 Å². The number of halogens is 1. The minimum Gasteiger partial charge on any atom is -0.352 e. The van der Waals surface area contributed by atoms with Crippen LogP contribution in [0.3, 0.4) is 0 Å². The fourth-order valence-electron chi connectivity index (χ4n) is 3.49. The molecule has 0 fully saturated rings. The van der Waals surface area contributed by atoms with Gasteiger partial charge in [0, 0.05) is 18.1 Å². The number of unbranched alkanes of at least 4 members (excludes halogenated alkanes) is 1. The average molecular weight is 360 g/mol. The van der Waals surface area contributed by atoms with Crippen LogP contribution in [0.25, 0.3) is 0 Å². The van der Waals surface area contributed by atoms with Crippen LogP contribution in [0, 0.1) is 0 Å². The molecular formula is C18H22ClN5O. The Balaban J connectivity index is 1.67. The third-order valence-corrected chi connectivity index (χ3v) is 5.04. The van der Waals surface area contributed by atoms with Gasteiger partial charge in [-0.05, 0) is 24.1 Å². The second kappa shape index (κ2) is 6.59. The molecule has 0 saturated carbocycles. The number of rotatable bonds is 5. The molecule has 6 nitrogen and oxygen atoms in total. The molecule has 3 heterocycles. The lowest BCUT2D eigenvalue weighted by atomic mass is 10.2. The summed E-state index contributed by atoms with van der Waals surface area (Å²) in [6, 6.07) is 7.82. The van der Waals surface area contributed by atoms with Crippen molar-refractivity contribution in [2.75, 3.05) is 26.3 Å². The number of carbonyl (C=O) groups is 1. The Morgan fingerprint density at radius 2 is 2.08 bits per heavy atom. The van der Waals surface area contributed by atoms with Gasteiger partial charge in [-0.2, -0.15) is 0 Å². The Morgan fingerprint density at radius 1 is 1.28 bits per heavy atom. The van der Waals surface area contributed by atoms with E-state index in [4.69, 9.17) is 11.6 Å². The van der Waals surface area contributed by atoms with Crippen LogP contribution in [0.2, 0.25) is 5.02 Å². The largest absolute Gasteiger partial charge is 0.352 e. The number of hydrogen-bond donors (Lipinski definition) is 1. The molecule has 0 bridgehead atoms. The van der Waals surface area contributed by atoms with E-state index in [1.165, 1.54) is 0 Å². The van der Waals surface area contributed by atoms with Crippen molar-refractivity contribution in [1.82, 2.24) is 20.0 Å². The molecule has 3 aliphatic heterocycles. The highest BCUT2D eigenvalue weighted by Crippen LogP contribution is 2.30. The quantitative estimate of drug-likeness (QED) is 0.875. The highest BCUT2D eigenvalue weighted by Gasteiger charge is 2.43. The SMILES string of the molecule is CCCCN1CNC2=C1C(=O)N1CCN=C1N2Cc1ccc(Cl)cc1. The molecule has 0 saturated heterocycles. The molecule has 7 heteroatoms. The Labute approximate surface area is 152 Å². The van der Waals surface area contributed by atoms with Crippen LogP contribution in [-0.4, -0.2) is 52.9 Å². The average Bonchev–Trinajstić information content (AvgIpc) is 3.26. The van der Waals surface area contributed by atoms with Crippen molar-refractivity contribution in [2.24, 2.45) is 4.99 Å². The van der Waals surface area contributed by atoms with Gasteiger partial charge < -0.3 is 10.2 Å². The second-order valence-electron chi connectivity index (χ2n) is 6.50. The maximum Gasteiger partial charge on any atom is 0.280 e. The zero-order valence-electron chi connectivity index (χ0n) is 14.3. The molecule has 0 aromatic heterocycles. The van der Waals surface area contributed by atoms with Crippen LogP contribution < -0.4 is 5.32 Å². The summed E-state index contributed by atoms with van der Waals surface area (Å²) in [5.41, 5.74) is 1.91. The minimum absolute atomic E-state index is 0.0692. The molecule has 3 aliphatic rings. The van der Waals surface area contributed by atoms with Crippen molar-refractivity contribution < 1.29 is 4.79 Å². The van der Waals surface area contributed by atoms with Crippen LogP contribution in [0.1, 0.15) is 25.3 Å². The first-order valence-electron chi connectivity index (χ1n) is 8.80. The third kappa shape index (κ3) is 2.84. The Hall–Kier alpha value is -2.21. The first-order chi connectivity index (χ1) is 12.2. The highest BCUT2D eigenvalue weighted by atomic mass is 35.5. The van der Waals surface area contributed by atoms with Gasteiger partial charge in [-0.15, -0.1) is 0 Å². The molecule has 1 amide bonds. The van der Waals surface area contributed by atoms with E-state index in [9.17, 15) is 4.79 Å². The predicted octanol–water partition coefficient (Wildman–Crippen LogP) is 2.19. The lowest BCUT2D eigenvalue weighted by Crippen LogP contribution is -2.51. The van der Waals surface area contributed by atoms with E-state index in [1.807, 2.05) is 24.3 Å². The summed E-state index contributed by atoms with van der Waals surface area (Å²) in [4.78, 5) is 23.6. The normalized spacial score (nSPS) is 19.2. The van der Waals surface area contributed by atoms with E-state index in [-0.39, 0.29) is 5.91 Å². The van der Waals surface area contributed by atoms with Crippen LogP contribution in [0.5, 0.6) is 0 Å². The Bertz CT molecular complexity index is 742. The minimum atomic E-state index is 0.0692. The second-order valence-corrected chi connectivity index (χ2v) is 6.94. The standard InChI is InChI=1S/C18H22ClN5O/c1-2-3-9-22-12-21-16-15(22)17(25)23-10-8-20-18(23)24(16)11-13-4-6-14(19)7-5-13/h4-7,21H,2-3,8-12H2,1H3. The number of amides is 1. The molecule has 25 heavy (non-hydrogen) atoms. The van der Waals surface area contributed by atoms with Gasteiger partial charge in [-0.1, -0.05) is 37.1 Å². The van der Waals surface area contributed by atoms with E-state index in [1.54, 1.807) is 4.90 Å². The fraction of sp³-hybridized carbons (Fsp3) is 0.444. The van der Waals surface area contributed by atoms with Gasteiger partial charge >= 0.3 is 0 Å². The monoisotopic (exact) mass is 359 g/mol. The first-order valence-corrected chi connectivity index (χ1v) is 9.18. The van der Waals surface area contributed by atoms with Gasteiger partial charge in [-0.3, -0.25) is 19.6 Å². The summed E-state index contributed by atoms with van der Waals surface area (Å²) < 4.78 is 0.